The number of hydrogen-bond donors (Lipinski definition) is 1. The molecule has 1 aliphatic heterocycles. The molecule has 0 atom stereocenters. The second-order valence-electron chi connectivity index (χ2n) is 7.74. The van der Waals surface area contributed by atoms with Gasteiger partial charge in [-0.3, -0.25) is 14.9 Å². The molecule has 0 aliphatic carbocycles. The largest absolute Gasteiger partial charge is 0.494 e. The topological polar surface area (TPSA) is 124 Å². The molecule has 2 aromatic carbocycles. The van der Waals surface area contributed by atoms with Gasteiger partial charge < -0.3 is 19.7 Å². The first kappa shape index (κ1) is 23.0. The Balaban J connectivity index is 1.49. The van der Waals surface area contributed by atoms with Crippen LogP contribution in [0, 0.1) is 10.1 Å². The summed E-state index contributed by atoms with van der Waals surface area (Å²) in [6.45, 7) is 3.08. The molecule has 3 aromatic rings. The summed E-state index contributed by atoms with van der Waals surface area (Å²) in [5.41, 5.74) is 0.710. The molecule has 0 spiro atoms. The molecule has 1 amide bonds. The fraction of sp³-hybridized carbons (Fsp3) is 0.292. The number of nitrogens with one attached hydrogen (secondary N) is 1. The summed E-state index contributed by atoms with van der Waals surface area (Å²) in [6, 6.07) is 13.3. The Bertz CT molecular complexity index is 1240. The minimum absolute atomic E-state index is 0.0142. The fourth-order valence-corrected chi connectivity index (χ4v) is 3.85. The number of ether oxygens (including phenoxy) is 2. The average molecular weight is 464 g/mol. The van der Waals surface area contributed by atoms with E-state index < -0.39 is 23.4 Å². The summed E-state index contributed by atoms with van der Waals surface area (Å²) in [7, 11) is 0. The van der Waals surface area contributed by atoms with Crippen LogP contribution in [0.4, 0.5) is 17.2 Å². The number of benzene rings is 2. The molecule has 1 N–H and O–H groups in total. The van der Waals surface area contributed by atoms with Crippen molar-refractivity contribution in [3.05, 3.63) is 64.2 Å². The maximum Gasteiger partial charge on any atom is 0.342 e. The summed E-state index contributed by atoms with van der Waals surface area (Å²) in [4.78, 5) is 42.8. The standard InChI is InChI=1S/C24H24N4O6/c1-2-33-17-9-10-20(21(14-17)28(31)32)25-22(29)15-34-24(30)18-13-16-7-3-4-8-19(16)26-23(18)27-11-5-6-12-27/h3-4,7-10,13-14H,2,5-6,11-12,15H2,1H3,(H,25,29). The number of pyridine rings is 1. The summed E-state index contributed by atoms with van der Waals surface area (Å²) < 4.78 is 10.5. The first-order chi connectivity index (χ1) is 16.5. The molecule has 10 nitrogen and oxygen atoms in total. The van der Waals surface area contributed by atoms with Gasteiger partial charge >= 0.3 is 5.97 Å². The van der Waals surface area contributed by atoms with Gasteiger partial charge in [-0.2, -0.15) is 0 Å². The zero-order valence-corrected chi connectivity index (χ0v) is 18.7. The molecule has 0 unspecified atom stereocenters. The minimum Gasteiger partial charge on any atom is -0.494 e. The number of nitro benzene ring substituents is 1. The number of carbonyl (C=O) groups is 2. The molecule has 176 valence electrons. The predicted octanol–water partition coefficient (Wildman–Crippen LogP) is 3.94. The Labute approximate surface area is 195 Å². The number of anilines is 2. The van der Waals surface area contributed by atoms with Crippen LogP contribution < -0.4 is 15.0 Å². The lowest BCUT2D eigenvalue weighted by Gasteiger charge is -2.20. The number of aromatic nitrogens is 1. The van der Waals surface area contributed by atoms with Crippen molar-refractivity contribution in [2.45, 2.75) is 19.8 Å². The summed E-state index contributed by atoms with van der Waals surface area (Å²) >= 11 is 0. The van der Waals surface area contributed by atoms with E-state index in [1.807, 2.05) is 29.2 Å². The number of rotatable bonds is 8. The maximum atomic E-state index is 12.9. The van der Waals surface area contributed by atoms with Crippen molar-refractivity contribution in [3.8, 4) is 5.75 Å². The number of nitrogens with zero attached hydrogens (tertiary/aromatic N) is 3. The van der Waals surface area contributed by atoms with E-state index in [4.69, 9.17) is 9.47 Å². The Kier molecular flexibility index (Phi) is 6.86. The maximum absolute atomic E-state index is 12.9. The second-order valence-corrected chi connectivity index (χ2v) is 7.74. The molecular formula is C24H24N4O6. The third kappa shape index (κ3) is 5.06. The molecule has 1 aliphatic rings. The molecule has 2 heterocycles. The van der Waals surface area contributed by atoms with E-state index in [0.29, 0.717) is 18.2 Å². The van der Waals surface area contributed by atoms with Crippen molar-refractivity contribution in [1.29, 1.82) is 0 Å². The van der Waals surface area contributed by atoms with Crippen LogP contribution in [0.25, 0.3) is 10.9 Å². The van der Waals surface area contributed by atoms with Crippen LogP contribution in [-0.2, 0) is 9.53 Å². The van der Waals surface area contributed by atoms with Gasteiger partial charge in [0, 0.05) is 18.5 Å². The van der Waals surface area contributed by atoms with Gasteiger partial charge in [-0.1, -0.05) is 18.2 Å². The quantitative estimate of drug-likeness (QED) is 0.302. The molecule has 1 saturated heterocycles. The van der Waals surface area contributed by atoms with Gasteiger partial charge in [0.15, 0.2) is 6.61 Å². The van der Waals surface area contributed by atoms with Crippen molar-refractivity contribution in [1.82, 2.24) is 4.98 Å². The highest BCUT2D eigenvalue weighted by atomic mass is 16.6. The first-order valence-corrected chi connectivity index (χ1v) is 11.0. The molecule has 1 aromatic heterocycles. The third-order valence-electron chi connectivity index (χ3n) is 5.41. The van der Waals surface area contributed by atoms with Gasteiger partial charge in [-0.25, -0.2) is 9.78 Å². The van der Waals surface area contributed by atoms with Crippen LogP contribution in [0.1, 0.15) is 30.1 Å². The van der Waals surface area contributed by atoms with Crippen LogP contribution in [0.2, 0.25) is 0 Å². The minimum atomic E-state index is -0.697. The van der Waals surface area contributed by atoms with E-state index in [1.54, 1.807) is 13.0 Å². The number of para-hydroxylation sites is 1. The highest BCUT2D eigenvalue weighted by Crippen LogP contribution is 2.30. The smallest absolute Gasteiger partial charge is 0.342 e. The molecule has 1 fully saturated rings. The van der Waals surface area contributed by atoms with Crippen molar-refractivity contribution in [2.24, 2.45) is 0 Å². The molecule has 0 radical (unpaired) electrons. The summed E-state index contributed by atoms with van der Waals surface area (Å²) in [5, 5.41) is 14.6. The first-order valence-electron chi connectivity index (χ1n) is 11.0. The van der Waals surface area contributed by atoms with E-state index in [9.17, 15) is 19.7 Å². The Hall–Kier alpha value is -4.21. The molecular weight excluding hydrogens is 440 g/mol. The Morgan fingerprint density at radius 3 is 2.65 bits per heavy atom. The lowest BCUT2D eigenvalue weighted by Crippen LogP contribution is -2.25. The second kappa shape index (κ2) is 10.2. The van der Waals surface area contributed by atoms with Gasteiger partial charge in [0.2, 0.25) is 0 Å². The molecule has 4 rings (SSSR count). The Morgan fingerprint density at radius 1 is 1.15 bits per heavy atom. The van der Waals surface area contributed by atoms with Crippen molar-refractivity contribution >= 4 is 40.0 Å². The van der Waals surface area contributed by atoms with Gasteiger partial charge in [-0.15, -0.1) is 0 Å². The van der Waals surface area contributed by atoms with Crippen LogP contribution >= 0.6 is 0 Å². The summed E-state index contributed by atoms with van der Waals surface area (Å²) in [5.74, 6) is -0.533. The van der Waals surface area contributed by atoms with E-state index in [1.165, 1.54) is 18.2 Å². The van der Waals surface area contributed by atoms with Gasteiger partial charge in [0.05, 0.1) is 23.1 Å². The van der Waals surface area contributed by atoms with Gasteiger partial charge in [0.1, 0.15) is 22.8 Å². The number of fused-ring (bicyclic) bond motifs is 1. The molecule has 34 heavy (non-hydrogen) atoms. The lowest BCUT2D eigenvalue weighted by molar-refractivity contribution is -0.384. The number of hydrogen-bond acceptors (Lipinski definition) is 8. The number of nitro groups is 1. The normalized spacial score (nSPS) is 13.0. The molecule has 10 heteroatoms. The summed E-state index contributed by atoms with van der Waals surface area (Å²) in [6.07, 6.45) is 2.01. The zero-order chi connectivity index (χ0) is 24.1. The number of amides is 1. The monoisotopic (exact) mass is 464 g/mol. The van der Waals surface area contributed by atoms with Crippen molar-refractivity contribution in [2.75, 3.05) is 36.5 Å². The van der Waals surface area contributed by atoms with Crippen LogP contribution in [0.5, 0.6) is 5.75 Å². The highest BCUT2D eigenvalue weighted by Gasteiger charge is 2.24. The van der Waals surface area contributed by atoms with Gasteiger partial charge in [-0.05, 0) is 44.0 Å². The van der Waals surface area contributed by atoms with Crippen LogP contribution in [0.3, 0.4) is 0 Å². The zero-order valence-electron chi connectivity index (χ0n) is 18.7. The lowest BCUT2D eigenvalue weighted by atomic mass is 10.1. The SMILES string of the molecule is CCOc1ccc(NC(=O)COC(=O)c2cc3ccccc3nc2N2CCCC2)c([N+](=O)[O-])c1. The number of esters is 1. The van der Waals surface area contributed by atoms with Crippen LogP contribution in [0.15, 0.2) is 48.5 Å². The van der Waals surface area contributed by atoms with Crippen molar-refractivity contribution in [3.63, 3.8) is 0 Å². The van der Waals surface area contributed by atoms with E-state index in [2.05, 4.69) is 10.3 Å². The third-order valence-corrected chi connectivity index (χ3v) is 5.41. The van der Waals surface area contributed by atoms with E-state index >= 15 is 0 Å². The van der Waals surface area contributed by atoms with E-state index in [-0.39, 0.29) is 16.9 Å². The number of carbonyl (C=O) groups excluding carboxylic acids is 2. The van der Waals surface area contributed by atoms with E-state index in [0.717, 1.165) is 36.8 Å². The van der Waals surface area contributed by atoms with Gasteiger partial charge in [0.25, 0.3) is 11.6 Å². The molecule has 0 bridgehead atoms. The molecule has 0 saturated carbocycles. The predicted molar refractivity (Wildman–Crippen MR) is 126 cm³/mol. The average Bonchev–Trinajstić information content (AvgIpc) is 3.37. The fourth-order valence-electron chi connectivity index (χ4n) is 3.85. The van der Waals surface area contributed by atoms with Crippen LogP contribution in [-0.4, -0.2) is 48.1 Å². The highest BCUT2D eigenvalue weighted by molar-refractivity contribution is 6.01. The van der Waals surface area contributed by atoms with Crippen molar-refractivity contribution < 1.29 is 24.0 Å². The Morgan fingerprint density at radius 2 is 1.91 bits per heavy atom.